The predicted octanol–water partition coefficient (Wildman–Crippen LogP) is 2.76. The van der Waals surface area contributed by atoms with Gasteiger partial charge in [0.15, 0.2) is 0 Å². The zero-order chi connectivity index (χ0) is 12.6. The van der Waals surface area contributed by atoms with Crippen LogP contribution in [0.25, 0.3) is 10.8 Å². The van der Waals surface area contributed by atoms with Crippen LogP contribution < -0.4 is 5.63 Å². The molecule has 3 nitrogen and oxygen atoms in total. The van der Waals surface area contributed by atoms with Gasteiger partial charge in [0.1, 0.15) is 11.6 Å². The van der Waals surface area contributed by atoms with Crippen molar-refractivity contribution in [3.05, 3.63) is 44.7 Å². The molecule has 90 valence electrons. The number of hydrogen-bond acceptors (Lipinski definition) is 3. The van der Waals surface area contributed by atoms with Crippen molar-refractivity contribution in [2.24, 2.45) is 0 Å². The molecule has 0 aliphatic heterocycles. The number of halogens is 2. The third-order valence-corrected chi connectivity index (χ3v) is 2.93. The summed E-state index contributed by atoms with van der Waals surface area (Å²) in [5.74, 6) is 0.0937. The van der Waals surface area contributed by atoms with Gasteiger partial charge in [-0.15, -0.1) is 0 Å². The Balaban J connectivity index is 2.65. The largest absolute Gasteiger partial charge is 0.426 e. The van der Waals surface area contributed by atoms with Gasteiger partial charge in [0.2, 0.25) is 0 Å². The highest BCUT2D eigenvalue weighted by molar-refractivity contribution is 9.10. The van der Waals surface area contributed by atoms with Gasteiger partial charge in [0.05, 0.1) is 16.4 Å². The summed E-state index contributed by atoms with van der Waals surface area (Å²) in [6.45, 7) is 0.528. The van der Waals surface area contributed by atoms with E-state index in [9.17, 15) is 9.18 Å². The lowest BCUT2D eigenvalue weighted by atomic mass is 10.1. The molecule has 0 aliphatic carbocycles. The summed E-state index contributed by atoms with van der Waals surface area (Å²) in [5.41, 5.74) is -0.509. The molecule has 0 spiro atoms. The van der Waals surface area contributed by atoms with Gasteiger partial charge in [-0.05, 0) is 53.6 Å². The van der Waals surface area contributed by atoms with Crippen LogP contribution in [0.2, 0.25) is 0 Å². The second-order valence-electron chi connectivity index (χ2n) is 4.09. The maximum atomic E-state index is 13.3. The third-order valence-electron chi connectivity index (χ3n) is 2.32. The quantitative estimate of drug-likeness (QED) is 0.855. The molecule has 2 aromatic rings. The minimum Gasteiger partial charge on any atom is -0.426 e. The Labute approximate surface area is 106 Å². The Kier molecular flexibility index (Phi) is 3.31. The zero-order valence-corrected chi connectivity index (χ0v) is 11.0. The predicted molar refractivity (Wildman–Crippen MR) is 67.5 cm³/mol. The maximum absolute atomic E-state index is 13.3. The molecule has 0 atom stereocenters. The highest BCUT2D eigenvalue weighted by atomic mass is 79.9. The lowest BCUT2D eigenvalue weighted by Gasteiger charge is -2.08. The van der Waals surface area contributed by atoms with Gasteiger partial charge in [-0.2, -0.15) is 0 Å². The highest BCUT2D eigenvalue weighted by Gasteiger charge is 2.09. The first kappa shape index (κ1) is 12.3. The molecular formula is C12H11BrFNO2. The van der Waals surface area contributed by atoms with Crippen LogP contribution in [0.15, 0.2) is 31.9 Å². The molecular weight excluding hydrogens is 289 g/mol. The van der Waals surface area contributed by atoms with Gasteiger partial charge in [0, 0.05) is 0 Å². The molecule has 0 radical (unpaired) electrons. The standard InChI is InChI=1S/C12H11BrFNO2/c1-15(2)6-8-3-7-4-10(13)11(14)5-9(7)12(16)17-8/h3-5H,6H2,1-2H3. The minimum atomic E-state index is -0.509. The van der Waals surface area contributed by atoms with E-state index in [0.29, 0.717) is 22.2 Å². The van der Waals surface area contributed by atoms with Crippen molar-refractivity contribution in [2.75, 3.05) is 14.1 Å². The van der Waals surface area contributed by atoms with E-state index < -0.39 is 11.4 Å². The highest BCUT2D eigenvalue weighted by Crippen LogP contribution is 2.22. The fourth-order valence-corrected chi connectivity index (χ4v) is 1.99. The average Bonchev–Trinajstić information content (AvgIpc) is 2.20. The molecule has 1 aromatic heterocycles. The van der Waals surface area contributed by atoms with E-state index in [4.69, 9.17) is 4.42 Å². The second kappa shape index (κ2) is 4.58. The summed E-state index contributed by atoms with van der Waals surface area (Å²) in [6, 6.07) is 4.52. The Morgan fingerprint density at radius 2 is 2.06 bits per heavy atom. The second-order valence-corrected chi connectivity index (χ2v) is 4.95. The minimum absolute atomic E-state index is 0.258. The number of nitrogens with zero attached hydrogens (tertiary/aromatic N) is 1. The average molecular weight is 300 g/mol. The van der Waals surface area contributed by atoms with Gasteiger partial charge in [0.25, 0.3) is 0 Å². The third kappa shape index (κ3) is 2.56. The van der Waals surface area contributed by atoms with Crippen molar-refractivity contribution in [2.45, 2.75) is 6.54 Å². The Hall–Kier alpha value is -1.20. The van der Waals surface area contributed by atoms with Gasteiger partial charge >= 0.3 is 5.63 Å². The van der Waals surface area contributed by atoms with Crippen molar-refractivity contribution in [3.8, 4) is 0 Å². The normalized spacial score (nSPS) is 11.4. The van der Waals surface area contributed by atoms with Crippen LogP contribution >= 0.6 is 15.9 Å². The van der Waals surface area contributed by atoms with Crippen molar-refractivity contribution < 1.29 is 8.81 Å². The van der Waals surface area contributed by atoms with Crippen LogP contribution in [-0.4, -0.2) is 19.0 Å². The first-order valence-electron chi connectivity index (χ1n) is 5.04. The van der Waals surface area contributed by atoms with E-state index in [2.05, 4.69) is 15.9 Å². The number of rotatable bonds is 2. The van der Waals surface area contributed by atoms with E-state index >= 15 is 0 Å². The maximum Gasteiger partial charge on any atom is 0.343 e. The van der Waals surface area contributed by atoms with Crippen molar-refractivity contribution in [1.82, 2.24) is 4.90 Å². The molecule has 17 heavy (non-hydrogen) atoms. The van der Waals surface area contributed by atoms with Crippen molar-refractivity contribution in [3.63, 3.8) is 0 Å². The summed E-state index contributed by atoms with van der Waals surface area (Å²) in [4.78, 5) is 13.6. The van der Waals surface area contributed by atoms with Crippen molar-refractivity contribution >= 4 is 26.7 Å². The van der Waals surface area contributed by atoms with Gasteiger partial charge < -0.3 is 9.32 Å². The Morgan fingerprint density at radius 1 is 1.35 bits per heavy atom. The van der Waals surface area contributed by atoms with Crippen LogP contribution in [0.4, 0.5) is 4.39 Å². The van der Waals surface area contributed by atoms with Gasteiger partial charge in [-0.1, -0.05) is 0 Å². The van der Waals surface area contributed by atoms with E-state index in [1.807, 2.05) is 19.0 Å². The Bertz CT molecular complexity index is 622. The number of fused-ring (bicyclic) bond motifs is 1. The lowest BCUT2D eigenvalue weighted by molar-refractivity contribution is 0.338. The van der Waals surface area contributed by atoms with Crippen LogP contribution in [0, 0.1) is 5.82 Å². The smallest absolute Gasteiger partial charge is 0.343 e. The van der Waals surface area contributed by atoms with Crippen LogP contribution in [0.3, 0.4) is 0 Å². The molecule has 2 rings (SSSR count). The molecule has 1 heterocycles. The van der Waals surface area contributed by atoms with E-state index in [1.54, 1.807) is 12.1 Å². The molecule has 5 heteroatoms. The molecule has 0 amide bonds. The monoisotopic (exact) mass is 299 g/mol. The summed E-state index contributed by atoms with van der Waals surface area (Å²) < 4.78 is 18.8. The SMILES string of the molecule is CN(C)Cc1cc2cc(Br)c(F)cc2c(=O)o1. The molecule has 0 N–H and O–H groups in total. The Morgan fingerprint density at radius 3 is 2.71 bits per heavy atom. The molecule has 0 fully saturated rings. The summed E-state index contributed by atoms with van der Waals surface area (Å²) in [5, 5.41) is 0.930. The summed E-state index contributed by atoms with van der Waals surface area (Å²) >= 11 is 3.10. The summed E-state index contributed by atoms with van der Waals surface area (Å²) in [6.07, 6.45) is 0. The van der Waals surface area contributed by atoms with Crippen LogP contribution in [-0.2, 0) is 6.54 Å². The molecule has 1 aromatic carbocycles. The molecule has 0 saturated carbocycles. The number of benzene rings is 1. The fraction of sp³-hybridized carbons (Fsp3) is 0.250. The zero-order valence-electron chi connectivity index (χ0n) is 9.46. The molecule has 0 unspecified atom stereocenters. The van der Waals surface area contributed by atoms with E-state index in [1.165, 1.54) is 6.07 Å². The topological polar surface area (TPSA) is 33.5 Å². The van der Waals surface area contributed by atoms with Crippen LogP contribution in [0.5, 0.6) is 0 Å². The fourth-order valence-electron chi connectivity index (χ4n) is 1.62. The molecule has 0 bridgehead atoms. The molecule has 0 aliphatic rings. The molecule has 0 saturated heterocycles. The summed E-state index contributed by atoms with van der Waals surface area (Å²) in [7, 11) is 3.76. The van der Waals surface area contributed by atoms with Gasteiger partial charge in [-0.25, -0.2) is 9.18 Å². The van der Waals surface area contributed by atoms with E-state index in [0.717, 1.165) is 0 Å². The first-order chi connectivity index (χ1) is 7.97. The first-order valence-corrected chi connectivity index (χ1v) is 5.83. The van der Waals surface area contributed by atoms with E-state index in [-0.39, 0.29) is 5.39 Å². The lowest BCUT2D eigenvalue weighted by Crippen LogP contribution is -2.13. The number of hydrogen-bond donors (Lipinski definition) is 0. The van der Waals surface area contributed by atoms with Crippen molar-refractivity contribution in [1.29, 1.82) is 0 Å². The van der Waals surface area contributed by atoms with Crippen LogP contribution in [0.1, 0.15) is 5.76 Å². The van der Waals surface area contributed by atoms with Gasteiger partial charge in [-0.3, -0.25) is 0 Å².